The largest absolute Gasteiger partial charge is 0.496 e. The van der Waals surface area contributed by atoms with Crippen LogP contribution in [0.15, 0.2) is 73.6 Å². The number of aromatic nitrogens is 8. The highest BCUT2D eigenvalue weighted by atomic mass is 79.9. The minimum Gasteiger partial charge on any atom is -0.496 e. The Morgan fingerprint density at radius 1 is 0.672 bits per heavy atom. The van der Waals surface area contributed by atoms with Gasteiger partial charge in [-0.25, -0.2) is 19.9 Å². The molecule has 0 aliphatic carbocycles. The van der Waals surface area contributed by atoms with E-state index in [2.05, 4.69) is 71.5 Å². The fraction of sp³-hybridized carbons (Fsp3) is 0.348. The number of thiophene rings is 2. The van der Waals surface area contributed by atoms with Crippen molar-refractivity contribution in [3.8, 4) is 45.3 Å². The molecular weight excluding hydrogens is 915 g/mol. The first-order valence-electron chi connectivity index (χ1n) is 21.1. The monoisotopic (exact) mass is 965 g/mol. The van der Waals surface area contributed by atoms with Crippen molar-refractivity contribution >= 4 is 82.3 Å². The number of fused-ring (bicyclic) bond motifs is 2. The zero-order valence-corrected chi connectivity index (χ0v) is 40.1. The van der Waals surface area contributed by atoms with Crippen LogP contribution in [0.25, 0.3) is 42.7 Å². The lowest BCUT2D eigenvalue weighted by Gasteiger charge is -2.15. The molecule has 9 rings (SSSR count). The van der Waals surface area contributed by atoms with E-state index < -0.39 is 0 Å². The van der Waals surface area contributed by atoms with Crippen LogP contribution in [0.4, 0.5) is 23.3 Å². The first kappa shape index (κ1) is 44.8. The molecule has 0 unspecified atom stereocenters. The zero-order chi connectivity index (χ0) is 44.6. The molecule has 6 aromatic heterocycles. The van der Waals surface area contributed by atoms with Crippen molar-refractivity contribution in [1.29, 1.82) is 0 Å². The average molecular weight is 967 g/mol. The van der Waals surface area contributed by atoms with Gasteiger partial charge in [0, 0.05) is 82.5 Å². The SMILES string of the molecule is COc1cc(OCCCBr)ccc1-c1c(C)sc2cnc(Nc3cnn(C)c3)nc12.COc1cc(OCCCN2CCCC2)ccc1-c1c(C)sc2cnc(Nc3cnn(C)c3)nc12. The molecule has 15 nitrogen and oxygen atoms in total. The molecule has 0 amide bonds. The molecule has 18 heteroatoms. The van der Waals surface area contributed by atoms with Crippen molar-refractivity contribution in [2.75, 3.05) is 63.0 Å². The van der Waals surface area contributed by atoms with Crippen LogP contribution < -0.4 is 29.6 Å². The summed E-state index contributed by atoms with van der Waals surface area (Å²) in [5.41, 5.74) is 7.59. The van der Waals surface area contributed by atoms with Gasteiger partial charge in [0.15, 0.2) is 0 Å². The van der Waals surface area contributed by atoms with Gasteiger partial charge in [-0.3, -0.25) is 9.36 Å². The van der Waals surface area contributed by atoms with Gasteiger partial charge in [-0.1, -0.05) is 15.9 Å². The summed E-state index contributed by atoms with van der Waals surface area (Å²) in [5.74, 6) is 4.23. The number of benzene rings is 2. The van der Waals surface area contributed by atoms with Crippen LogP contribution in [0.5, 0.6) is 23.0 Å². The van der Waals surface area contributed by atoms with Gasteiger partial charge in [0.05, 0.1) is 84.0 Å². The van der Waals surface area contributed by atoms with Crippen LogP contribution in [-0.2, 0) is 14.1 Å². The molecule has 1 saturated heterocycles. The summed E-state index contributed by atoms with van der Waals surface area (Å²) < 4.78 is 28.9. The van der Waals surface area contributed by atoms with Crippen molar-refractivity contribution in [1.82, 2.24) is 44.4 Å². The highest BCUT2D eigenvalue weighted by molar-refractivity contribution is 9.09. The Hall–Kier alpha value is -5.82. The summed E-state index contributed by atoms with van der Waals surface area (Å²) in [7, 11) is 7.12. The Kier molecular flexibility index (Phi) is 14.5. The first-order chi connectivity index (χ1) is 31.2. The van der Waals surface area contributed by atoms with E-state index in [1.807, 2.05) is 69.2 Å². The summed E-state index contributed by atoms with van der Waals surface area (Å²) in [4.78, 5) is 23.4. The standard InChI is InChI=1S/C25H30N6O2S.C21H22BrN5O2S/c1-17-23(24-22(34-17)15-26-25(29-24)28-18-14-27-30(2)16-18)20-8-7-19(13-21(20)32-3)33-12-6-11-31-9-4-5-10-31;1-13-19(16-6-5-15(9-17(16)28-3)29-8-4-7-22)20-18(30-13)11-23-21(26-20)25-14-10-24-27(2)12-14/h7-8,13-16H,4-6,9-12H2,1-3H3,(H,26,28,29);5-6,9-12H,4,7-8H2,1-3H3,(H,23,25,26). The number of aryl methyl sites for hydroxylation is 4. The molecule has 0 atom stereocenters. The fourth-order valence-corrected chi connectivity index (χ4v) is 9.87. The number of halogens is 1. The molecule has 64 heavy (non-hydrogen) atoms. The summed E-state index contributed by atoms with van der Waals surface area (Å²) in [6.45, 7) is 9.11. The molecule has 7 heterocycles. The van der Waals surface area contributed by atoms with E-state index in [1.165, 1.54) is 30.8 Å². The fourth-order valence-electron chi connectivity index (χ4n) is 7.66. The van der Waals surface area contributed by atoms with Crippen molar-refractivity contribution in [2.24, 2.45) is 14.1 Å². The van der Waals surface area contributed by atoms with Gasteiger partial charge in [0.1, 0.15) is 23.0 Å². The molecule has 0 spiro atoms. The Morgan fingerprint density at radius 2 is 1.16 bits per heavy atom. The smallest absolute Gasteiger partial charge is 0.227 e. The van der Waals surface area contributed by atoms with E-state index in [1.54, 1.807) is 58.7 Å². The van der Waals surface area contributed by atoms with Gasteiger partial charge >= 0.3 is 0 Å². The first-order valence-corrected chi connectivity index (χ1v) is 23.9. The van der Waals surface area contributed by atoms with E-state index in [0.29, 0.717) is 25.1 Å². The number of nitrogens with zero attached hydrogens (tertiary/aromatic N) is 9. The van der Waals surface area contributed by atoms with Gasteiger partial charge in [-0.15, -0.1) is 22.7 Å². The minimum absolute atomic E-state index is 0.531. The number of nitrogens with one attached hydrogen (secondary N) is 2. The zero-order valence-electron chi connectivity index (χ0n) is 36.9. The number of ether oxygens (including phenoxy) is 4. The van der Waals surface area contributed by atoms with Crippen LogP contribution in [-0.4, -0.2) is 96.8 Å². The average Bonchev–Trinajstić information content (AvgIpc) is 4.15. The van der Waals surface area contributed by atoms with Crippen LogP contribution >= 0.6 is 38.6 Å². The van der Waals surface area contributed by atoms with Gasteiger partial charge in [-0.2, -0.15) is 10.2 Å². The second-order valence-electron chi connectivity index (χ2n) is 15.3. The van der Waals surface area contributed by atoms with E-state index >= 15 is 0 Å². The van der Waals surface area contributed by atoms with Crippen LogP contribution in [0, 0.1) is 13.8 Å². The maximum Gasteiger partial charge on any atom is 0.227 e. The maximum absolute atomic E-state index is 6.04. The number of rotatable bonds is 17. The molecule has 2 N–H and O–H groups in total. The van der Waals surface area contributed by atoms with E-state index in [0.717, 1.165) is 107 Å². The van der Waals surface area contributed by atoms with Crippen molar-refractivity contribution in [3.05, 3.63) is 83.3 Å². The predicted molar refractivity (Wildman–Crippen MR) is 261 cm³/mol. The topological polar surface area (TPSA) is 151 Å². The van der Waals surface area contributed by atoms with Gasteiger partial charge in [0.2, 0.25) is 11.9 Å². The second-order valence-corrected chi connectivity index (χ2v) is 18.6. The third-order valence-electron chi connectivity index (χ3n) is 10.7. The molecule has 0 bridgehead atoms. The lowest BCUT2D eigenvalue weighted by atomic mass is 10.0. The van der Waals surface area contributed by atoms with Crippen molar-refractivity contribution in [3.63, 3.8) is 0 Å². The third kappa shape index (κ3) is 10.6. The summed E-state index contributed by atoms with van der Waals surface area (Å²) in [6, 6.07) is 12.0. The Bertz CT molecular complexity index is 2830. The molecule has 0 saturated carbocycles. The quantitative estimate of drug-likeness (QED) is 0.0659. The second kappa shape index (κ2) is 20.8. The van der Waals surface area contributed by atoms with Crippen molar-refractivity contribution in [2.45, 2.75) is 39.5 Å². The van der Waals surface area contributed by atoms with Gasteiger partial charge < -0.3 is 34.5 Å². The Morgan fingerprint density at radius 3 is 1.59 bits per heavy atom. The lowest BCUT2D eigenvalue weighted by Crippen LogP contribution is -2.21. The Balaban J connectivity index is 0.000000176. The molecule has 1 aliphatic rings. The van der Waals surface area contributed by atoms with Crippen LogP contribution in [0.1, 0.15) is 35.4 Å². The Labute approximate surface area is 388 Å². The number of hydrogen-bond donors (Lipinski definition) is 2. The van der Waals surface area contributed by atoms with E-state index in [-0.39, 0.29) is 0 Å². The molecule has 1 fully saturated rings. The molecule has 334 valence electrons. The molecule has 2 aromatic carbocycles. The number of anilines is 4. The number of alkyl halides is 1. The number of likely N-dealkylation sites (tertiary alicyclic amines) is 1. The molecule has 0 radical (unpaired) electrons. The van der Waals surface area contributed by atoms with Crippen LogP contribution in [0.2, 0.25) is 0 Å². The van der Waals surface area contributed by atoms with E-state index in [9.17, 15) is 0 Å². The lowest BCUT2D eigenvalue weighted by molar-refractivity contribution is 0.262. The highest BCUT2D eigenvalue weighted by Crippen LogP contribution is 2.44. The summed E-state index contributed by atoms with van der Waals surface area (Å²) in [5, 5.41) is 15.7. The summed E-state index contributed by atoms with van der Waals surface area (Å²) >= 11 is 6.78. The van der Waals surface area contributed by atoms with Gasteiger partial charge in [0.25, 0.3) is 0 Å². The highest BCUT2D eigenvalue weighted by Gasteiger charge is 2.20. The van der Waals surface area contributed by atoms with Crippen molar-refractivity contribution < 1.29 is 18.9 Å². The molecular formula is C46H52BrN11O4S2. The van der Waals surface area contributed by atoms with Crippen LogP contribution in [0.3, 0.4) is 0 Å². The molecule has 1 aliphatic heterocycles. The van der Waals surface area contributed by atoms with Gasteiger partial charge in [-0.05, 0) is 76.9 Å². The third-order valence-corrected chi connectivity index (χ3v) is 13.3. The normalized spacial score (nSPS) is 12.7. The number of methoxy groups -OCH3 is 2. The number of hydrogen-bond acceptors (Lipinski definition) is 15. The summed E-state index contributed by atoms with van der Waals surface area (Å²) in [6.07, 6.45) is 15.6. The minimum atomic E-state index is 0.531. The van der Waals surface area contributed by atoms with E-state index in [4.69, 9.17) is 28.9 Å². The molecule has 8 aromatic rings. The maximum atomic E-state index is 6.04. The predicted octanol–water partition coefficient (Wildman–Crippen LogP) is 10.3.